The molecule has 1 aliphatic heterocycles. The van der Waals surface area contributed by atoms with E-state index in [9.17, 15) is 0 Å². The van der Waals surface area contributed by atoms with Crippen molar-refractivity contribution in [3.63, 3.8) is 0 Å². The number of rotatable bonds is 9. The first kappa shape index (κ1) is 33.8. The summed E-state index contributed by atoms with van der Waals surface area (Å²) in [4.78, 5) is 11.2. The Bertz CT molecular complexity index is 1760. The lowest BCUT2D eigenvalue weighted by Gasteiger charge is -2.24. The molecule has 0 amide bonds. The summed E-state index contributed by atoms with van der Waals surface area (Å²) in [6.45, 7) is 18.4. The van der Waals surface area contributed by atoms with Gasteiger partial charge < -0.3 is 0 Å². The molecule has 0 atom stereocenters. The number of benzene rings is 4. The smallest absolute Gasteiger partial charge is 0.156 e. The van der Waals surface area contributed by atoms with Gasteiger partial charge in [-0.05, 0) is 82.3 Å². The predicted molar refractivity (Wildman–Crippen MR) is 210 cm³/mol. The van der Waals surface area contributed by atoms with Crippen LogP contribution in [0.25, 0.3) is 0 Å². The number of allylic oxidation sites excluding steroid dienone is 5. The molecule has 4 aromatic rings. The Kier molecular flexibility index (Phi) is 10.2. The summed E-state index contributed by atoms with van der Waals surface area (Å²) in [5, 5.41) is 4.02. The Balaban J connectivity index is 1.63. The third kappa shape index (κ3) is 6.74. The Labute approximate surface area is 289 Å². The Morgan fingerprint density at radius 3 is 1.27 bits per heavy atom. The van der Waals surface area contributed by atoms with Crippen LogP contribution in [0.1, 0.15) is 119 Å². The van der Waals surface area contributed by atoms with Crippen LogP contribution in [0, 0.1) is 0 Å². The Morgan fingerprint density at radius 1 is 0.500 bits per heavy atom. The van der Waals surface area contributed by atoms with Gasteiger partial charge in [0.05, 0.1) is 11.4 Å². The summed E-state index contributed by atoms with van der Waals surface area (Å²) in [5.74, 6) is 2.27. The number of hydrogen-bond acceptors (Lipinski definition) is 2. The second-order valence-electron chi connectivity index (χ2n) is 14.2. The van der Waals surface area contributed by atoms with Crippen LogP contribution in [-0.2, 0) is 0 Å². The molecule has 1 heterocycles. The summed E-state index contributed by atoms with van der Waals surface area (Å²) in [6, 6.07) is 35.5. The van der Waals surface area contributed by atoms with Gasteiger partial charge in [0.2, 0.25) is 0 Å². The maximum Gasteiger partial charge on any atom is 0.156 e. The summed E-state index contributed by atoms with van der Waals surface area (Å²) in [6.07, 6.45) is 7.84. The summed E-state index contributed by atoms with van der Waals surface area (Å²) in [7, 11) is -0.732. The maximum atomic E-state index is 5.59. The van der Waals surface area contributed by atoms with Gasteiger partial charge in [0.15, 0.2) is 5.82 Å². The zero-order valence-electron chi connectivity index (χ0n) is 29.8. The molecule has 0 unspecified atom stereocenters. The fraction of sp³-hybridized carbons (Fsp3) is 0.289. The molecule has 244 valence electrons. The van der Waals surface area contributed by atoms with E-state index in [1.54, 1.807) is 0 Å². The molecule has 0 aromatic heterocycles. The summed E-state index contributed by atoms with van der Waals surface area (Å²) in [5.41, 5.74) is 11.1. The van der Waals surface area contributed by atoms with Crippen LogP contribution in [0.4, 0.5) is 0 Å². The minimum absolute atomic E-state index is 0.355. The lowest BCUT2D eigenvalue weighted by molar-refractivity contribution is 0.827. The van der Waals surface area contributed by atoms with Gasteiger partial charge in [-0.25, -0.2) is 9.98 Å². The average Bonchev–Trinajstić information content (AvgIpc) is 3.53. The van der Waals surface area contributed by atoms with Gasteiger partial charge in [0.1, 0.15) is 0 Å². The molecule has 0 saturated heterocycles. The van der Waals surface area contributed by atoms with Crippen LogP contribution in [0.3, 0.4) is 0 Å². The lowest BCUT2D eigenvalue weighted by Crippen LogP contribution is -2.22. The molecular weight excluding hydrogens is 599 g/mol. The fourth-order valence-electron chi connectivity index (χ4n) is 6.97. The molecule has 0 spiro atoms. The third-order valence-electron chi connectivity index (χ3n) is 9.40. The molecule has 0 radical (unpaired) electrons. The van der Waals surface area contributed by atoms with E-state index in [1.807, 2.05) is 0 Å². The zero-order valence-corrected chi connectivity index (χ0v) is 30.7. The molecule has 0 saturated carbocycles. The highest BCUT2D eigenvalue weighted by Crippen LogP contribution is 2.46. The first-order chi connectivity index (χ1) is 23.2. The third-order valence-corrected chi connectivity index (χ3v) is 11.8. The van der Waals surface area contributed by atoms with Gasteiger partial charge in [-0.1, -0.05) is 165 Å². The Morgan fingerprint density at radius 2 is 0.896 bits per heavy atom. The SMILES string of the molecule is CC(C)c1cccc(C(C)C)c1C1=NC(=C2C=C(P(c3ccccc3)c3ccccc3)C=CC2)N=C1c1c(C(C)C)cccc1C(C)C. The fourth-order valence-corrected chi connectivity index (χ4v) is 9.35. The van der Waals surface area contributed by atoms with Crippen molar-refractivity contribution in [2.45, 2.75) is 85.5 Å². The molecule has 2 aliphatic rings. The quantitative estimate of drug-likeness (QED) is 0.161. The summed E-state index contributed by atoms with van der Waals surface area (Å²) < 4.78 is 0. The monoisotopic (exact) mass is 648 g/mol. The number of hydrogen-bond donors (Lipinski definition) is 0. The molecule has 4 aromatic carbocycles. The van der Waals surface area contributed by atoms with Crippen LogP contribution in [0.2, 0.25) is 0 Å². The topological polar surface area (TPSA) is 24.7 Å². The van der Waals surface area contributed by atoms with E-state index in [0.29, 0.717) is 23.7 Å². The second kappa shape index (κ2) is 14.6. The Hall–Kier alpha value is -4.13. The van der Waals surface area contributed by atoms with Gasteiger partial charge in [-0.3, -0.25) is 0 Å². The van der Waals surface area contributed by atoms with E-state index in [2.05, 4.69) is 171 Å². The first-order valence-electron chi connectivity index (χ1n) is 17.6. The average molecular weight is 649 g/mol. The van der Waals surface area contributed by atoms with E-state index in [4.69, 9.17) is 9.98 Å². The van der Waals surface area contributed by atoms with Gasteiger partial charge in [-0.15, -0.1) is 0 Å². The van der Waals surface area contributed by atoms with E-state index in [-0.39, 0.29) is 0 Å². The van der Waals surface area contributed by atoms with E-state index in [1.165, 1.54) is 54.9 Å². The molecule has 0 N–H and O–H groups in total. The maximum absolute atomic E-state index is 5.59. The number of aliphatic imine (C=N–C) groups is 2. The van der Waals surface area contributed by atoms with E-state index < -0.39 is 7.92 Å². The van der Waals surface area contributed by atoms with Crippen LogP contribution in [-0.4, -0.2) is 11.4 Å². The molecule has 0 fully saturated rings. The first-order valence-corrected chi connectivity index (χ1v) is 19.0. The van der Waals surface area contributed by atoms with Crippen molar-refractivity contribution in [1.82, 2.24) is 0 Å². The van der Waals surface area contributed by atoms with Crippen molar-refractivity contribution in [2.75, 3.05) is 0 Å². The molecule has 3 heteroatoms. The molecule has 48 heavy (non-hydrogen) atoms. The van der Waals surface area contributed by atoms with Crippen molar-refractivity contribution in [2.24, 2.45) is 9.98 Å². The highest BCUT2D eigenvalue weighted by Gasteiger charge is 2.32. The minimum atomic E-state index is -0.732. The van der Waals surface area contributed by atoms with Gasteiger partial charge in [-0.2, -0.15) is 0 Å². The molecule has 2 nitrogen and oxygen atoms in total. The van der Waals surface area contributed by atoms with Crippen molar-refractivity contribution < 1.29 is 0 Å². The normalized spacial score (nSPS) is 14.9. The van der Waals surface area contributed by atoms with Crippen LogP contribution < -0.4 is 10.6 Å². The van der Waals surface area contributed by atoms with Gasteiger partial charge in [0.25, 0.3) is 0 Å². The van der Waals surface area contributed by atoms with Crippen LogP contribution in [0.15, 0.2) is 142 Å². The highest BCUT2D eigenvalue weighted by molar-refractivity contribution is 7.77. The van der Waals surface area contributed by atoms with Gasteiger partial charge in [0, 0.05) is 16.7 Å². The molecule has 6 rings (SSSR count). The lowest BCUT2D eigenvalue weighted by atomic mass is 9.80. The minimum Gasteiger partial charge on any atom is -0.226 e. The highest BCUT2D eigenvalue weighted by atomic mass is 31.1. The van der Waals surface area contributed by atoms with Gasteiger partial charge >= 0.3 is 0 Å². The van der Waals surface area contributed by atoms with Crippen molar-refractivity contribution in [3.05, 3.63) is 165 Å². The van der Waals surface area contributed by atoms with E-state index in [0.717, 1.165) is 23.7 Å². The number of nitrogens with zero attached hydrogens (tertiary/aromatic N) is 2. The van der Waals surface area contributed by atoms with E-state index >= 15 is 0 Å². The molecular formula is C45H49N2P. The molecule has 1 aliphatic carbocycles. The predicted octanol–water partition coefficient (Wildman–Crippen LogP) is 11.7. The van der Waals surface area contributed by atoms with Crippen molar-refractivity contribution >= 4 is 30.0 Å². The van der Waals surface area contributed by atoms with Crippen LogP contribution in [0.5, 0.6) is 0 Å². The van der Waals surface area contributed by atoms with Crippen LogP contribution >= 0.6 is 7.92 Å². The summed E-state index contributed by atoms with van der Waals surface area (Å²) >= 11 is 0. The second-order valence-corrected chi connectivity index (χ2v) is 16.4. The van der Waals surface area contributed by atoms with Crippen molar-refractivity contribution in [3.8, 4) is 0 Å². The standard InChI is InChI=1S/C45H49N2P/c1-29(2)37-24-16-25-38(30(3)4)41(37)43-44(42-39(31(5)6)26-17-27-40(42)32(7)8)47-45(46-43)33-18-15-23-36(28-33)48(34-19-11-9-12-20-34)35-21-13-10-14-22-35/h9-17,19-32H,18H2,1-8H3. The largest absolute Gasteiger partial charge is 0.226 e. The van der Waals surface area contributed by atoms with Crippen molar-refractivity contribution in [1.29, 1.82) is 0 Å². The molecule has 0 bridgehead atoms. The zero-order chi connectivity index (χ0) is 33.9.